The van der Waals surface area contributed by atoms with Crippen LogP contribution in [-0.2, 0) is 27.2 Å². The van der Waals surface area contributed by atoms with Crippen LogP contribution in [0.25, 0.3) is 0 Å². The van der Waals surface area contributed by atoms with Gasteiger partial charge in [-0.3, -0.25) is 9.59 Å². The topological polar surface area (TPSA) is 95.1 Å². The second-order valence-electron chi connectivity index (χ2n) is 10.2. The zero-order valence-corrected chi connectivity index (χ0v) is 23.6. The zero-order valence-electron chi connectivity index (χ0n) is 23.6. The van der Waals surface area contributed by atoms with E-state index in [2.05, 4.69) is 22.8 Å². The Morgan fingerprint density at radius 3 is 2.24 bits per heavy atom. The average molecular weight is 529 g/mol. The maximum atomic E-state index is 12.1. The third-order valence-electron chi connectivity index (χ3n) is 5.69. The monoisotopic (exact) mass is 528 g/mol. The van der Waals surface area contributed by atoms with Crippen molar-refractivity contribution >= 4 is 11.9 Å². The van der Waals surface area contributed by atoms with Crippen molar-refractivity contribution in [2.24, 2.45) is 0 Å². The van der Waals surface area contributed by atoms with E-state index in [0.29, 0.717) is 12.3 Å². The molecule has 0 aliphatic heterocycles. The highest BCUT2D eigenvalue weighted by Gasteiger charge is 2.15. The van der Waals surface area contributed by atoms with Gasteiger partial charge in [0.2, 0.25) is 0 Å². The van der Waals surface area contributed by atoms with Gasteiger partial charge < -0.3 is 29.6 Å². The molecule has 2 aromatic carbocycles. The summed E-state index contributed by atoms with van der Waals surface area (Å²) in [6.07, 6.45) is 5.56. The summed E-state index contributed by atoms with van der Waals surface area (Å²) in [5.74, 6) is 1.79. The first-order valence-corrected chi connectivity index (χ1v) is 13.3. The molecular weight excluding hydrogens is 484 g/mol. The van der Waals surface area contributed by atoms with Crippen LogP contribution in [0.15, 0.2) is 42.5 Å². The van der Waals surface area contributed by atoms with Gasteiger partial charge >= 0.3 is 5.97 Å². The van der Waals surface area contributed by atoms with Gasteiger partial charge in [-0.2, -0.15) is 0 Å². The highest BCUT2D eigenvalue weighted by atomic mass is 16.6. The van der Waals surface area contributed by atoms with Crippen molar-refractivity contribution in [1.82, 2.24) is 10.6 Å². The van der Waals surface area contributed by atoms with E-state index < -0.39 is 5.60 Å². The van der Waals surface area contributed by atoms with Crippen LogP contribution >= 0.6 is 0 Å². The molecule has 2 aromatic rings. The molecule has 2 rings (SSSR count). The Kier molecular flexibility index (Phi) is 13.5. The number of rotatable bonds is 17. The maximum absolute atomic E-state index is 12.1. The number of unbranched alkanes of at least 4 members (excludes halogenated alkanes) is 2. The van der Waals surface area contributed by atoms with Crippen LogP contribution in [0, 0.1) is 0 Å². The summed E-state index contributed by atoms with van der Waals surface area (Å²) in [5, 5.41) is 5.98. The molecule has 8 heteroatoms. The van der Waals surface area contributed by atoms with Gasteiger partial charge in [0.15, 0.2) is 18.1 Å². The first-order valence-electron chi connectivity index (χ1n) is 13.3. The number of benzene rings is 2. The van der Waals surface area contributed by atoms with E-state index >= 15 is 0 Å². The quantitative estimate of drug-likeness (QED) is 0.231. The van der Waals surface area contributed by atoms with E-state index in [1.54, 1.807) is 14.2 Å². The van der Waals surface area contributed by atoms with Crippen LogP contribution < -0.4 is 24.8 Å². The number of nitrogens with one attached hydrogen (secondary N) is 2. The summed E-state index contributed by atoms with van der Waals surface area (Å²) in [7, 11) is 3.28. The third kappa shape index (κ3) is 12.8. The van der Waals surface area contributed by atoms with E-state index in [0.717, 1.165) is 56.6 Å². The number of carbonyl (C=O) groups excluding carboxylic acids is 2. The van der Waals surface area contributed by atoms with E-state index in [1.165, 1.54) is 11.1 Å². The molecule has 0 aliphatic rings. The Hall–Kier alpha value is -3.26. The lowest BCUT2D eigenvalue weighted by Crippen LogP contribution is -2.32. The first-order chi connectivity index (χ1) is 18.2. The first kappa shape index (κ1) is 31.0. The number of ether oxygens (including phenoxy) is 4. The van der Waals surface area contributed by atoms with Gasteiger partial charge in [-0.1, -0.05) is 24.6 Å². The highest BCUT2D eigenvalue weighted by molar-refractivity contribution is 5.77. The van der Waals surface area contributed by atoms with Crippen molar-refractivity contribution in [2.75, 3.05) is 40.5 Å². The Labute approximate surface area is 227 Å². The van der Waals surface area contributed by atoms with Gasteiger partial charge in [0.25, 0.3) is 5.91 Å². The number of amides is 1. The van der Waals surface area contributed by atoms with Crippen molar-refractivity contribution in [3.8, 4) is 17.2 Å². The number of esters is 1. The summed E-state index contributed by atoms with van der Waals surface area (Å²) >= 11 is 0. The van der Waals surface area contributed by atoms with Crippen LogP contribution in [0.3, 0.4) is 0 Å². The lowest BCUT2D eigenvalue weighted by molar-refractivity contribution is -0.153. The fourth-order valence-electron chi connectivity index (χ4n) is 3.87. The minimum Gasteiger partial charge on any atom is -0.493 e. The van der Waals surface area contributed by atoms with E-state index in [4.69, 9.17) is 18.9 Å². The Morgan fingerprint density at radius 2 is 1.53 bits per heavy atom. The summed E-state index contributed by atoms with van der Waals surface area (Å²) < 4.78 is 21.6. The average Bonchev–Trinajstić information content (AvgIpc) is 2.88. The van der Waals surface area contributed by atoms with Gasteiger partial charge in [-0.05, 0) is 94.8 Å². The number of carbonyl (C=O) groups is 2. The molecule has 0 aromatic heterocycles. The lowest BCUT2D eigenvalue weighted by atomic mass is 10.0. The third-order valence-corrected chi connectivity index (χ3v) is 5.69. The number of methoxy groups -OCH3 is 2. The smallest absolute Gasteiger partial charge is 0.320 e. The summed E-state index contributed by atoms with van der Waals surface area (Å²) in [5.41, 5.74) is 1.91. The van der Waals surface area contributed by atoms with Crippen molar-refractivity contribution in [1.29, 1.82) is 0 Å². The highest BCUT2D eigenvalue weighted by Crippen LogP contribution is 2.28. The molecule has 1 amide bonds. The molecule has 0 fully saturated rings. The van der Waals surface area contributed by atoms with Crippen LogP contribution in [0.4, 0.5) is 0 Å². The largest absolute Gasteiger partial charge is 0.493 e. The predicted molar refractivity (Wildman–Crippen MR) is 149 cm³/mol. The van der Waals surface area contributed by atoms with Gasteiger partial charge in [0, 0.05) is 6.54 Å². The molecule has 0 aliphatic carbocycles. The molecular formula is C30H44N2O6. The summed E-state index contributed by atoms with van der Waals surface area (Å²) in [6, 6.07) is 13.9. The minimum absolute atomic E-state index is 0.00740. The molecule has 0 unspecified atom stereocenters. The maximum Gasteiger partial charge on any atom is 0.320 e. The second kappa shape index (κ2) is 16.6. The predicted octanol–water partition coefficient (Wildman–Crippen LogP) is 4.48. The van der Waals surface area contributed by atoms with Crippen LogP contribution in [0.5, 0.6) is 17.2 Å². The van der Waals surface area contributed by atoms with Crippen LogP contribution in [-0.4, -0.2) is 57.9 Å². The SMILES string of the molecule is COc1ccc(CCCc2cccc(OCC(=O)NCCCCCNCC(=O)OC(C)(C)C)c2)cc1OC. The van der Waals surface area contributed by atoms with Crippen molar-refractivity contribution in [3.05, 3.63) is 53.6 Å². The Bertz CT molecular complexity index is 1000. The molecule has 0 saturated carbocycles. The van der Waals surface area contributed by atoms with E-state index in [1.807, 2.05) is 51.1 Å². The molecule has 38 heavy (non-hydrogen) atoms. The molecule has 0 heterocycles. The summed E-state index contributed by atoms with van der Waals surface area (Å²) in [4.78, 5) is 23.8. The van der Waals surface area contributed by atoms with Crippen molar-refractivity contribution in [3.63, 3.8) is 0 Å². The Morgan fingerprint density at radius 1 is 0.816 bits per heavy atom. The molecule has 2 N–H and O–H groups in total. The second-order valence-corrected chi connectivity index (χ2v) is 10.2. The van der Waals surface area contributed by atoms with Gasteiger partial charge in [0.05, 0.1) is 20.8 Å². The molecule has 0 saturated heterocycles. The minimum atomic E-state index is -0.461. The van der Waals surface area contributed by atoms with Crippen LogP contribution in [0.1, 0.15) is 57.6 Å². The zero-order chi connectivity index (χ0) is 27.8. The molecule has 210 valence electrons. The van der Waals surface area contributed by atoms with Gasteiger partial charge in [-0.15, -0.1) is 0 Å². The van der Waals surface area contributed by atoms with Gasteiger partial charge in [-0.25, -0.2) is 0 Å². The molecule has 0 atom stereocenters. The van der Waals surface area contributed by atoms with Crippen molar-refractivity contribution < 1.29 is 28.5 Å². The normalized spacial score (nSPS) is 11.1. The standard InChI is InChI=1S/C30H44N2O6/c1-30(2,3)38-29(34)21-31-17-7-6-8-18-32-28(33)22-37-25-14-10-13-23(19-25)11-9-12-24-15-16-26(35-4)27(20-24)36-5/h10,13-16,19-20,31H,6-9,11-12,17-18,21-22H2,1-5H3,(H,32,33). The number of hydrogen-bond donors (Lipinski definition) is 2. The molecule has 0 spiro atoms. The van der Waals surface area contributed by atoms with E-state index in [-0.39, 0.29) is 25.0 Å². The fraction of sp³-hybridized carbons (Fsp3) is 0.533. The molecule has 0 radical (unpaired) electrons. The lowest BCUT2D eigenvalue weighted by Gasteiger charge is -2.19. The van der Waals surface area contributed by atoms with E-state index in [9.17, 15) is 9.59 Å². The fourth-order valence-corrected chi connectivity index (χ4v) is 3.87. The number of hydrogen-bond acceptors (Lipinski definition) is 7. The molecule has 0 bridgehead atoms. The van der Waals surface area contributed by atoms with Crippen LogP contribution in [0.2, 0.25) is 0 Å². The number of aryl methyl sites for hydroxylation is 2. The summed E-state index contributed by atoms with van der Waals surface area (Å²) in [6.45, 7) is 7.10. The van der Waals surface area contributed by atoms with Gasteiger partial charge in [0.1, 0.15) is 11.4 Å². The Balaban J connectivity index is 1.57. The van der Waals surface area contributed by atoms with Crippen molar-refractivity contribution in [2.45, 2.75) is 64.9 Å². The molecule has 8 nitrogen and oxygen atoms in total.